The molecule has 0 aromatic rings. The summed E-state index contributed by atoms with van der Waals surface area (Å²) in [6.45, 7) is 6.83. The zero-order valence-electron chi connectivity index (χ0n) is 10.3. The molecule has 0 aromatic carbocycles. The van der Waals surface area contributed by atoms with Gasteiger partial charge < -0.3 is 5.32 Å². The molecule has 0 spiro atoms. The highest BCUT2D eigenvalue weighted by molar-refractivity contribution is 5.01. The Labute approximate surface area is 98.8 Å². The molecule has 1 heterocycles. The van der Waals surface area contributed by atoms with E-state index in [2.05, 4.69) is 23.2 Å². The van der Waals surface area contributed by atoms with Gasteiger partial charge in [-0.2, -0.15) is 5.26 Å². The quantitative estimate of drug-likeness (QED) is 0.769. The first kappa shape index (κ1) is 11.9. The lowest BCUT2D eigenvalue weighted by atomic mass is 9.99. The molecule has 1 saturated heterocycles. The fourth-order valence-corrected chi connectivity index (χ4v) is 2.81. The number of nitrogens with zero attached hydrogens (tertiary/aromatic N) is 2. The Kier molecular flexibility index (Phi) is 3.83. The van der Waals surface area contributed by atoms with Crippen LogP contribution in [0.4, 0.5) is 0 Å². The molecular weight excluding hydrogens is 198 g/mol. The second-order valence-corrected chi connectivity index (χ2v) is 5.40. The second-order valence-electron chi connectivity index (χ2n) is 5.40. The van der Waals surface area contributed by atoms with Gasteiger partial charge in [0.1, 0.15) is 0 Å². The molecule has 2 aliphatic rings. The van der Waals surface area contributed by atoms with Crippen LogP contribution < -0.4 is 5.32 Å². The molecule has 3 nitrogen and oxygen atoms in total. The van der Waals surface area contributed by atoms with Crippen LogP contribution in [0.5, 0.6) is 0 Å². The lowest BCUT2D eigenvalue weighted by molar-refractivity contribution is 0.142. The largest absolute Gasteiger partial charge is 0.315 e. The number of nitriles is 1. The van der Waals surface area contributed by atoms with Crippen molar-refractivity contribution in [1.29, 1.82) is 5.26 Å². The van der Waals surface area contributed by atoms with E-state index in [-0.39, 0.29) is 0 Å². The highest BCUT2D eigenvalue weighted by atomic mass is 15.2. The molecule has 1 aliphatic heterocycles. The van der Waals surface area contributed by atoms with Crippen LogP contribution in [-0.2, 0) is 0 Å². The number of piperidine rings is 1. The number of rotatable bonds is 5. The maximum absolute atomic E-state index is 8.86. The van der Waals surface area contributed by atoms with Crippen molar-refractivity contribution in [2.24, 2.45) is 5.41 Å². The van der Waals surface area contributed by atoms with E-state index in [4.69, 9.17) is 5.26 Å². The summed E-state index contributed by atoms with van der Waals surface area (Å²) >= 11 is 0. The normalized spacial score (nSPS) is 27.7. The van der Waals surface area contributed by atoms with E-state index in [1.165, 1.54) is 32.2 Å². The van der Waals surface area contributed by atoms with Gasteiger partial charge in [-0.15, -0.1) is 0 Å². The molecule has 0 amide bonds. The summed E-state index contributed by atoms with van der Waals surface area (Å²) in [5, 5.41) is 12.3. The van der Waals surface area contributed by atoms with Crippen molar-refractivity contribution >= 4 is 0 Å². The van der Waals surface area contributed by atoms with Crippen LogP contribution in [0.3, 0.4) is 0 Å². The van der Waals surface area contributed by atoms with Crippen molar-refractivity contribution in [3.8, 4) is 6.07 Å². The van der Waals surface area contributed by atoms with E-state index >= 15 is 0 Å². The van der Waals surface area contributed by atoms with Gasteiger partial charge in [0, 0.05) is 25.6 Å². The first-order valence-electron chi connectivity index (χ1n) is 6.61. The molecule has 90 valence electrons. The minimum Gasteiger partial charge on any atom is -0.315 e. The van der Waals surface area contributed by atoms with E-state index < -0.39 is 0 Å². The monoisotopic (exact) mass is 221 g/mol. The van der Waals surface area contributed by atoms with Gasteiger partial charge >= 0.3 is 0 Å². The molecule has 16 heavy (non-hydrogen) atoms. The van der Waals surface area contributed by atoms with Crippen molar-refractivity contribution in [3.63, 3.8) is 0 Å². The maximum Gasteiger partial charge on any atom is 0.0628 e. The summed E-state index contributed by atoms with van der Waals surface area (Å²) in [5.74, 6) is 0. The number of hydrogen-bond acceptors (Lipinski definition) is 3. The van der Waals surface area contributed by atoms with Gasteiger partial charge in [-0.25, -0.2) is 0 Å². The molecule has 1 unspecified atom stereocenters. The summed E-state index contributed by atoms with van der Waals surface area (Å²) in [6, 6.07) is 3.06. The van der Waals surface area contributed by atoms with E-state index in [1.807, 2.05) is 0 Å². The Morgan fingerprint density at radius 3 is 2.81 bits per heavy atom. The average molecular weight is 221 g/mol. The molecule has 2 fully saturated rings. The summed E-state index contributed by atoms with van der Waals surface area (Å²) < 4.78 is 0. The molecule has 0 aromatic heterocycles. The van der Waals surface area contributed by atoms with Crippen LogP contribution in [-0.4, -0.2) is 37.1 Å². The summed E-state index contributed by atoms with van der Waals surface area (Å²) in [7, 11) is 0. The third-order valence-corrected chi connectivity index (χ3v) is 4.14. The Morgan fingerprint density at radius 1 is 1.50 bits per heavy atom. The molecule has 1 atom stereocenters. The first-order chi connectivity index (χ1) is 7.79. The van der Waals surface area contributed by atoms with Gasteiger partial charge in [0.05, 0.1) is 6.07 Å². The first-order valence-corrected chi connectivity index (χ1v) is 6.61. The van der Waals surface area contributed by atoms with E-state index in [0.717, 1.165) is 26.1 Å². The summed E-state index contributed by atoms with van der Waals surface area (Å²) in [6.07, 6.45) is 5.90. The van der Waals surface area contributed by atoms with E-state index in [0.29, 0.717) is 11.5 Å². The molecule has 3 heteroatoms. The molecule has 0 radical (unpaired) electrons. The molecule has 1 saturated carbocycles. The standard InChI is InChI=1S/C13H23N3/c1-2-16(12-4-3-9-15-10-12)11-13(5-6-13)7-8-14/h12,15H,2-7,9-11H2,1H3. The minimum absolute atomic E-state index is 0.363. The Hall–Kier alpha value is -0.590. The van der Waals surface area contributed by atoms with Crippen LogP contribution >= 0.6 is 0 Å². The lowest BCUT2D eigenvalue weighted by Gasteiger charge is -2.36. The van der Waals surface area contributed by atoms with E-state index in [1.54, 1.807) is 0 Å². The molecule has 0 bridgehead atoms. The van der Waals surface area contributed by atoms with Crippen molar-refractivity contribution in [2.75, 3.05) is 26.2 Å². The molecule has 1 N–H and O–H groups in total. The average Bonchev–Trinajstić information content (AvgIpc) is 3.08. The van der Waals surface area contributed by atoms with Crippen LogP contribution in [0.25, 0.3) is 0 Å². The van der Waals surface area contributed by atoms with Gasteiger partial charge in [0.2, 0.25) is 0 Å². The molecule has 1 aliphatic carbocycles. The Balaban J connectivity index is 1.87. The van der Waals surface area contributed by atoms with Crippen molar-refractivity contribution in [1.82, 2.24) is 10.2 Å². The second kappa shape index (κ2) is 5.16. The highest BCUT2D eigenvalue weighted by Gasteiger charge is 2.44. The van der Waals surface area contributed by atoms with Crippen LogP contribution in [0.2, 0.25) is 0 Å². The molecule has 2 rings (SSSR count). The third kappa shape index (κ3) is 2.75. The predicted octanol–water partition coefficient (Wildman–Crippen LogP) is 1.75. The number of nitrogens with one attached hydrogen (secondary N) is 1. The van der Waals surface area contributed by atoms with Crippen molar-refractivity contribution < 1.29 is 0 Å². The SMILES string of the molecule is CCN(CC1(CC#N)CC1)C1CCCNC1. The lowest BCUT2D eigenvalue weighted by Crippen LogP contribution is -2.47. The van der Waals surface area contributed by atoms with Crippen LogP contribution in [0.15, 0.2) is 0 Å². The van der Waals surface area contributed by atoms with E-state index in [9.17, 15) is 0 Å². The van der Waals surface area contributed by atoms with Crippen molar-refractivity contribution in [2.45, 2.75) is 45.1 Å². The number of likely N-dealkylation sites (N-methyl/N-ethyl adjacent to an activating group) is 1. The maximum atomic E-state index is 8.86. The Morgan fingerprint density at radius 2 is 2.31 bits per heavy atom. The minimum atomic E-state index is 0.363. The van der Waals surface area contributed by atoms with Gasteiger partial charge in [-0.1, -0.05) is 6.92 Å². The molecular formula is C13H23N3. The predicted molar refractivity (Wildman–Crippen MR) is 65.0 cm³/mol. The zero-order chi connectivity index (χ0) is 11.4. The van der Waals surface area contributed by atoms with Crippen LogP contribution in [0, 0.1) is 16.7 Å². The van der Waals surface area contributed by atoms with Crippen molar-refractivity contribution in [3.05, 3.63) is 0 Å². The van der Waals surface area contributed by atoms with Gasteiger partial charge in [-0.05, 0) is 44.2 Å². The highest BCUT2D eigenvalue weighted by Crippen LogP contribution is 2.49. The van der Waals surface area contributed by atoms with Gasteiger partial charge in [-0.3, -0.25) is 4.90 Å². The summed E-state index contributed by atoms with van der Waals surface area (Å²) in [4.78, 5) is 2.59. The fraction of sp³-hybridized carbons (Fsp3) is 0.923. The Bertz CT molecular complexity index is 259. The topological polar surface area (TPSA) is 39.1 Å². The smallest absolute Gasteiger partial charge is 0.0628 e. The third-order valence-electron chi connectivity index (χ3n) is 4.14. The van der Waals surface area contributed by atoms with Gasteiger partial charge in [0.25, 0.3) is 0 Å². The van der Waals surface area contributed by atoms with Crippen LogP contribution in [0.1, 0.15) is 39.0 Å². The number of hydrogen-bond donors (Lipinski definition) is 1. The summed E-state index contributed by atoms with van der Waals surface area (Å²) in [5.41, 5.74) is 0.363. The van der Waals surface area contributed by atoms with Gasteiger partial charge in [0.15, 0.2) is 0 Å². The fourth-order valence-electron chi connectivity index (χ4n) is 2.81. The zero-order valence-corrected chi connectivity index (χ0v) is 10.3.